The molecule has 16 heavy (non-hydrogen) atoms. The maximum absolute atomic E-state index is 10.8. The Hall–Kier alpha value is -0.310. The average molecular weight is 279 g/mol. The van der Waals surface area contributed by atoms with E-state index in [1.807, 2.05) is 6.26 Å². The Kier molecular flexibility index (Phi) is 5.03. The molecule has 0 radical (unpaired) electrons. The summed E-state index contributed by atoms with van der Waals surface area (Å²) >= 11 is 4.54. The Morgan fingerprint density at radius 3 is 2.69 bits per heavy atom. The number of rotatable bonds is 6. The van der Waals surface area contributed by atoms with Gasteiger partial charge in [0.2, 0.25) is 0 Å². The molecule has 0 fully saturated rings. The summed E-state index contributed by atoms with van der Waals surface area (Å²) in [6.45, 7) is 1.52. The molecule has 1 unspecified atom stereocenters. The van der Waals surface area contributed by atoms with Crippen LogP contribution < -0.4 is 5.73 Å². The van der Waals surface area contributed by atoms with Gasteiger partial charge in [-0.2, -0.15) is 0 Å². The summed E-state index contributed by atoms with van der Waals surface area (Å²) in [5.74, 6) is -0.349. The van der Waals surface area contributed by atoms with E-state index in [-0.39, 0.29) is 0 Å². The van der Waals surface area contributed by atoms with E-state index < -0.39 is 11.5 Å². The zero-order valence-corrected chi connectivity index (χ0v) is 11.4. The minimum atomic E-state index is -1.17. The molecule has 0 saturated carbocycles. The highest BCUT2D eigenvalue weighted by Crippen LogP contribution is 2.28. The highest BCUT2D eigenvalue weighted by molar-refractivity contribution is 8.02. The predicted molar refractivity (Wildman–Crippen MR) is 67.3 cm³/mol. The molecule has 1 heterocycles. The van der Waals surface area contributed by atoms with Gasteiger partial charge in [-0.05, 0) is 19.6 Å². The second-order valence-corrected chi connectivity index (χ2v) is 6.73. The van der Waals surface area contributed by atoms with Crippen molar-refractivity contribution in [2.75, 3.05) is 12.0 Å². The molecule has 8 heteroatoms. The molecule has 1 atom stereocenters. The molecule has 0 aliphatic heterocycles. The average Bonchev–Trinajstić information content (AvgIpc) is 2.65. The highest BCUT2D eigenvalue weighted by atomic mass is 32.2. The van der Waals surface area contributed by atoms with Gasteiger partial charge in [-0.3, -0.25) is 4.79 Å². The first kappa shape index (κ1) is 13.8. The van der Waals surface area contributed by atoms with E-state index in [1.165, 1.54) is 30.0 Å². The zero-order valence-electron chi connectivity index (χ0n) is 8.97. The van der Waals surface area contributed by atoms with Gasteiger partial charge in [0.25, 0.3) is 0 Å². The van der Waals surface area contributed by atoms with E-state index in [2.05, 4.69) is 10.2 Å². The molecule has 0 aromatic carbocycles. The van der Waals surface area contributed by atoms with Gasteiger partial charge < -0.3 is 10.8 Å². The van der Waals surface area contributed by atoms with Crippen LogP contribution >= 0.6 is 34.9 Å². The predicted octanol–water partition coefficient (Wildman–Crippen LogP) is 1.54. The van der Waals surface area contributed by atoms with E-state index in [4.69, 9.17) is 10.8 Å². The molecule has 5 nitrogen and oxygen atoms in total. The molecule has 1 aromatic rings. The molecule has 0 aliphatic rings. The van der Waals surface area contributed by atoms with E-state index in [0.717, 1.165) is 8.68 Å². The summed E-state index contributed by atoms with van der Waals surface area (Å²) < 4.78 is 1.77. The number of aliphatic carboxylic acids is 1. The van der Waals surface area contributed by atoms with E-state index >= 15 is 0 Å². The largest absolute Gasteiger partial charge is 0.480 e. The SMILES string of the molecule is CSc1nnc(SCCC(C)(N)C(=O)O)s1. The number of nitrogens with two attached hydrogens (primary N) is 1. The van der Waals surface area contributed by atoms with Gasteiger partial charge in [0.1, 0.15) is 5.54 Å². The van der Waals surface area contributed by atoms with Crippen molar-refractivity contribution < 1.29 is 9.90 Å². The van der Waals surface area contributed by atoms with Crippen LogP contribution in [0.2, 0.25) is 0 Å². The first-order valence-electron chi connectivity index (χ1n) is 4.48. The number of aromatic nitrogens is 2. The third kappa shape index (κ3) is 3.93. The van der Waals surface area contributed by atoms with Crippen molar-refractivity contribution in [2.45, 2.75) is 27.6 Å². The molecule has 3 N–H and O–H groups in total. The Morgan fingerprint density at radius 1 is 1.56 bits per heavy atom. The van der Waals surface area contributed by atoms with Gasteiger partial charge in [0, 0.05) is 5.75 Å². The minimum absolute atomic E-state index is 0.404. The Bertz CT molecular complexity index is 367. The Labute approximate surface area is 106 Å². The van der Waals surface area contributed by atoms with Gasteiger partial charge in [-0.15, -0.1) is 10.2 Å². The summed E-state index contributed by atoms with van der Waals surface area (Å²) in [7, 11) is 0. The number of carboxylic acids is 1. The molecule has 0 bridgehead atoms. The van der Waals surface area contributed by atoms with Crippen LogP contribution in [0, 0.1) is 0 Å². The van der Waals surface area contributed by atoms with E-state index in [0.29, 0.717) is 12.2 Å². The molecule has 90 valence electrons. The molecular formula is C8H13N3O2S3. The fraction of sp³-hybridized carbons (Fsp3) is 0.625. The van der Waals surface area contributed by atoms with Crippen LogP contribution in [0.3, 0.4) is 0 Å². The molecular weight excluding hydrogens is 266 g/mol. The van der Waals surface area contributed by atoms with Crippen LogP contribution in [0.15, 0.2) is 8.68 Å². The maximum atomic E-state index is 10.8. The maximum Gasteiger partial charge on any atom is 0.323 e. The second-order valence-electron chi connectivity index (χ2n) is 3.36. The highest BCUT2D eigenvalue weighted by Gasteiger charge is 2.27. The Balaban J connectivity index is 2.38. The smallest absolute Gasteiger partial charge is 0.323 e. The molecule has 0 aliphatic carbocycles. The molecule has 0 spiro atoms. The van der Waals surface area contributed by atoms with Gasteiger partial charge in [0.05, 0.1) is 0 Å². The fourth-order valence-corrected chi connectivity index (χ4v) is 3.48. The normalized spacial score (nSPS) is 14.7. The van der Waals surface area contributed by atoms with E-state index in [9.17, 15) is 4.79 Å². The van der Waals surface area contributed by atoms with Crippen LogP contribution in [-0.4, -0.2) is 38.8 Å². The van der Waals surface area contributed by atoms with Crippen molar-refractivity contribution >= 4 is 40.8 Å². The van der Waals surface area contributed by atoms with Crippen LogP contribution in [0.25, 0.3) is 0 Å². The third-order valence-corrected chi connectivity index (χ3v) is 4.93. The van der Waals surface area contributed by atoms with Crippen molar-refractivity contribution in [3.8, 4) is 0 Å². The molecule has 1 aromatic heterocycles. The number of carbonyl (C=O) groups is 1. The van der Waals surface area contributed by atoms with Crippen molar-refractivity contribution in [3.63, 3.8) is 0 Å². The van der Waals surface area contributed by atoms with Crippen molar-refractivity contribution in [1.82, 2.24) is 10.2 Å². The summed E-state index contributed by atoms with van der Waals surface area (Å²) in [5.41, 5.74) is 4.44. The van der Waals surface area contributed by atoms with Gasteiger partial charge in [-0.25, -0.2) is 0 Å². The molecule has 1 rings (SSSR count). The minimum Gasteiger partial charge on any atom is -0.480 e. The van der Waals surface area contributed by atoms with E-state index in [1.54, 1.807) is 11.8 Å². The first-order valence-corrected chi connectivity index (χ1v) is 7.51. The topological polar surface area (TPSA) is 89.1 Å². The second kappa shape index (κ2) is 5.85. The summed E-state index contributed by atoms with van der Waals surface area (Å²) in [6.07, 6.45) is 2.34. The fourth-order valence-electron chi connectivity index (χ4n) is 0.795. The number of hydrogen-bond acceptors (Lipinski definition) is 7. The third-order valence-electron chi connectivity index (χ3n) is 1.90. The number of nitrogens with zero attached hydrogens (tertiary/aromatic N) is 2. The van der Waals surface area contributed by atoms with Gasteiger partial charge in [-0.1, -0.05) is 34.9 Å². The monoisotopic (exact) mass is 279 g/mol. The van der Waals surface area contributed by atoms with Crippen LogP contribution in [0.5, 0.6) is 0 Å². The number of carboxylic acid groups (broad SMARTS) is 1. The van der Waals surface area contributed by atoms with Crippen molar-refractivity contribution in [2.24, 2.45) is 5.73 Å². The van der Waals surface area contributed by atoms with Crippen LogP contribution in [0.1, 0.15) is 13.3 Å². The number of hydrogen-bond donors (Lipinski definition) is 2. The quantitative estimate of drug-likeness (QED) is 0.763. The first-order chi connectivity index (χ1) is 7.45. The lowest BCUT2D eigenvalue weighted by Gasteiger charge is -2.17. The van der Waals surface area contributed by atoms with Crippen molar-refractivity contribution in [3.05, 3.63) is 0 Å². The lowest BCUT2D eigenvalue weighted by atomic mass is 10.0. The Morgan fingerprint density at radius 2 is 2.19 bits per heavy atom. The summed E-state index contributed by atoms with van der Waals surface area (Å²) in [5, 5.41) is 16.7. The lowest BCUT2D eigenvalue weighted by molar-refractivity contribution is -0.142. The summed E-state index contributed by atoms with van der Waals surface area (Å²) in [6, 6.07) is 0. The molecule has 0 saturated heterocycles. The standard InChI is InChI=1S/C8H13N3O2S3/c1-8(9,5(12)13)3-4-15-7-11-10-6(14-2)16-7/h3-4,9H2,1-2H3,(H,12,13). The number of thioether (sulfide) groups is 2. The molecule has 0 amide bonds. The summed E-state index contributed by atoms with van der Waals surface area (Å²) in [4.78, 5) is 10.8. The van der Waals surface area contributed by atoms with Gasteiger partial charge >= 0.3 is 5.97 Å². The van der Waals surface area contributed by atoms with Gasteiger partial charge in [0.15, 0.2) is 8.68 Å². The van der Waals surface area contributed by atoms with Crippen molar-refractivity contribution in [1.29, 1.82) is 0 Å². The zero-order chi connectivity index (χ0) is 12.2. The van der Waals surface area contributed by atoms with Crippen LogP contribution in [-0.2, 0) is 4.79 Å². The van der Waals surface area contributed by atoms with Crippen LogP contribution in [0.4, 0.5) is 0 Å². The lowest BCUT2D eigenvalue weighted by Crippen LogP contribution is -2.45.